The normalized spacial score (nSPS) is 29.7. The van der Waals surface area contributed by atoms with Crippen LogP contribution in [0, 0.1) is 5.92 Å². The van der Waals surface area contributed by atoms with Gasteiger partial charge in [0.15, 0.2) is 0 Å². The number of rotatable bonds is 1. The highest BCUT2D eigenvalue weighted by atomic mass is 16.4. The number of carbonyl (C=O) groups is 1. The molecule has 3 rings (SSSR count). The molecule has 1 fully saturated rings. The summed E-state index contributed by atoms with van der Waals surface area (Å²) in [5.41, 5.74) is 1.66. The Labute approximate surface area is 118 Å². The first-order valence-electron chi connectivity index (χ1n) is 6.96. The van der Waals surface area contributed by atoms with Crippen LogP contribution < -0.4 is 4.90 Å². The number of likely N-dealkylation sites (tertiary alicyclic amines) is 1. The van der Waals surface area contributed by atoms with Gasteiger partial charge in [-0.15, -0.1) is 0 Å². The summed E-state index contributed by atoms with van der Waals surface area (Å²) in [6, 6.07) is 5.32. The third-order valence-corrected chi connectivity index (χ3v) is 4.74. The number of hydrogen-bond donors (Lipinski definition) is 2. The van der Waals surface area contributed by atoms with E-state index in [1.54, 1.807) is 12.1 Å². The molecule has 2 N–H and O–H groups in total. The second-order valence-electron chi connectivity index (χ2n) is 5.95. The molecular formula is C15H20N2O3. The summed E-state index contributed by atoms with van der Waals surface area (Å²) in [5, 5.41) is 19.4. The van der Waals surface area contributed by atoms with Crippen molar-refractivity contribution in [3.05, 3.63) is 23.8 Å². The molecule has 3 unspecified atom stereocenters. The number of hydrogen-bond acceptors (Lipinski definition) is 4. The number of piperidine rings is 1. The Balaban J connectivity index is 2.12. The Morgan fingerprint density at radius 3 is 2.80 bits per heavy atom. The number of phenolic OH excluding ortho intramolecular Hbond substituents is 1. The average molecular weight is 276 g/mol. The molecule has 3 atom stereocenters. The van der Waals surface area contributed by atoms with Gasteiger partial charge in [-0.25, -0.2) is 0 Å². The molecule has 0 radical (unpaired) electrons. The van der Waals surface area contributed by atoms with Crippen molar-refractivity contribution < 1.29 is 15.0 Å². The Hall–Kier alpha value is -1.75. The molecule has 1 aromatic carbocycles. The van der Waals surface area contributed by atoms with Crippen molar-refractivity contribution >= 4 is 11.7 Å². The number of aromatic hydroxyl groups is 1. The maximum atomic E-state index is 11.8. The van der Waals surface area contributed by atoms with Crippen molar-refractivity contribution in [1.82, 2.24) is 4.90 Å². The van der Waals surface area contributed by atoms with Gasteiger partial charge < -0.3 is 20.0 Å². The third-order valence-electron chi connectivity index (χ3n) is 4.74. The molecule has 20 heavy (non-hydrogen) atoms. The summed E-state index contributed by atoms with van der Waals surface area (Å²) < 4.78 is 0. The molecule has 0 aromatic heterocycles. The van der Waals surface area contributed by atoms with Crippen LogP contribution in [0.2, 0.25) is 0 Å². The average Bonchev–Trinajstić information content (AvgIpc) is 2.37. The quantitative estimate of drug-likeness (QED) is 0.810. The lowest BCUT2D eigenvalue weighted by Gasteiger charge is -2.49. The van der Waals surface area contributed by atoms with Crippen LogP contribution in [0.4, 0.5) is 5.69 Å². The second-order valence-corrected chi connectivity index (χ2v) is 5.95. The fourth-order valence-corrected chi connectivity index (χ4v) is 3.79. The molecule has 5 nitrogen and oxygen atoms in total. The van der Waals surface area contributed by atoms with Crippen molar-refractivity contribution in [2.75, 3.05) is 32.1 Å². The fourth-order valence-electron chi connectivity index (χ4n) is 3.79. The summed E-state index contributed by atoms with van der Waals surface area (Å²) in [6.07, 6.45) is 0.974. The van der Waals surface area contributed by atoms with Gasteiger partial charge in [0, 0.05) is 31.2 Å². The smallest absolute Gasteiger partial charge is 0.311 e. The molecule has 0 bridgehead atoms. The van der Waals surface area contributed by atoms with Gasteiger partial charge in [0.05, 0.1) is 5.92 Å². The Bertz CT molecular complexity index is 546. The molecule has 2 heterocycles. The number of fused-ring (bicyclic) bond motifs is 2. The number of anilines is 1. The van der Waals surface area contributed by atoms with Gasteiger partial charge in [0.1, 0.15) is 5.75 Å². The minimum absolute atomic E-state index is 0.0607. The number of nitrogens with zero attached hydrogens (tertiary/aromatic N) is 2. The summed E-state index contributed by atoms with van der Waals surface area (Å²) in [6.45, 7) is 1.77. The first kappa shape index (κ1) is 13.2. The number of aliphatic carboxylic acids is 1. The molecule has 2 aliphatic rings. The van der Waals surface area contributed by atoms with Gasteiger partial charge in [0.25, 0.3) is 0 Å². The maximum Gasteiger partial charge on any atom is 0.311 e. The van der Waals surface area contributed by atoms with Crippen molar-refractivity contribution in [3.63, 3.8) is 0 Å². The predicted octanol–water partition coefficient (Wildman–Crippen LogP) is 1.33. The lowest BCUT2D eigenvalue weighted by atomic mass is 9.73. The Kier molecular flexibility index (Phi) is 3.09. The summed E-state index contributed by atoms with van der Waals surface area (Å²) >= 11 is 0. The molecule has 0 saturated carbocycles. The highest BCUT2D eigenvalue weighted by Crippen LogP contribution is 2.45. The third kappa shape index (κ3) is 1.93. The van der Waals surface area contributed by atoms with E-state index in [4.69, 9.17) is 0 Å². The minimum Gasteiger partial charge on any atom is -0.508 e. The van der Waals surface area contributed by atoms with E-state index in [0.717, 1.165) is 30.8 Å². The number of carboxylic acid groups (broad SMARTS) is 1. The van der Waals surface area contributed by atoms with E-state index in [9.17, 15) is 15.0 Å². The van der Waals surface area contributed by atoms with Crippen LogP contribution in [0.1, 0.15) is 17.9 Å². The minimum atomic E-state index is -0.796. The SMILES string of the molecule is CN1CCC2C(C1)C(C(=O)O)c1cc(O)ccc1N2C. The van der Waals surface area contributed by atoms with E-state index in [2.05, 4.69) is 9.80 Å². The highest BCUT2D eigenvalue weighted by molar-refractivity contribution is 5.81. The molecule has 5 heteroatoms. The monoisotopic (exact) mass is 276 g/mol. The fraction of sp³-hybridized carbons (Fsp3) is 0.533. The molecule has 108 valence electrons. The van der Waals surface area contributed by atoms with Gasteiger partial charge in [-0.05, 0) is 43.8 Å². The second kappa shape index (κ2) is 4.66. The van der Waals surface area contributed by atoms with Crippen molar-refractivity contribution in [2.24, 2.45) is 5.92 Å². The topological polar surface area (TPSA) is 64.0 Å². The zero-order valence-electron chi connectivity index (χ0n) is 11.8. The van der Waals surface area contributed by atoms with Gasteiger partial charge in [-0.1, -0.05) is 0 Å². The van der Waals surface area contributed by atoms with Crippen molar-refractivity contribution in [3.8, 4) is 5.75 Å². The van der Waals surface area contributed by atoms with Crippen LogP contribution >= 0.6 is 0 Å². The standard InChI is InChI=1S/C15H20N2O3/c1-16-6-5-13-11(8-16)14(15(19)20)10-7-9(18)3-4-12(10)17(13)2/h3-4,7,11,13-14,18H,5-6,8H2,1-2H3,(H,19,20). The summed E-state index contributed by atoms with van der Waals surface area (Å²) in [4.78, 5) is 16.2. The molecule has 0 amide bonds. The number of carboxylic acids is 1. The lowest BCUT2D eigenvalue weighted by Crippen LogP contribution is -2.55. The van der Waals surface area contributed by atoms with Crippen LogP contribution in [0.3, 0.4) is 0 Å². The van der Waals surface area contributed by atoms with Gasteiger partial charge in [-0.2, -0.15) is 0 Å². The Morgan fingerprint density at radius 2 is 2.10 bits per heavy atom. The van der Waals surface area contributed by atoms with Crippen LogP contribution in [0.15, 0.2) is 18.2 Å². The zero-order chi connectivity index (χ0) is 14.4. The zero-order valence-corrected chi connectivity index (χ0v) is 11.8. The van der Waals surface area contributed by atoms with Crippen LogP contribution in [-0.2, 0) is 4.79 Å². The van der Waals surface area contributed by atoms with E-state index in [1.807, 2.05) is 20.2 Å². The van der Waals surface area contributed by atoms with Gasteiger partial charge in [0.2, 0.25) is 0 Å². The molecule has 1 saturated heterocycles. The van der Waals surface area contributed by atoms with E-state index in [-0.39, 0.29) is 17.7 Å². The van der Waals surface area contributed by atoms with Crippen LogP contribution in [-0.4, -0.2) is 54.3 Å². The number of phenols is 1. The molecule has 2 aliphatic heterocycles. The van der Waals surface area contributed by atoms with Crippen molar-refractivity contribution in [2.45, 2.75) is 18.4 Å². The van der Waals surface area contributed by atoms with E-state index in [1.165, 1.54) is 0 Å². The maximum absolute atomic E-state index is 11.8. The predicted molar refractivity (Wildman–Crippen MR) is 76.3 cm³/mol. The first-order chi connectivity index (χ1) is 9.49. The van der Waals surface area contributed by atoms with E-state index >= 15 is 0 Å². The van der Waals surface area contributed by atoms with Crippen LogP contribution in [0.25, 0.3) is 0 Å². The summed E-state index contributed by atoms with van der Waals surface area (Å²) in [7, 11) is 4.06. The van der Waals surface area contributed by atoms with Gasteiger partial charge in [-0.3, -0.25) is 4.79 Å². The molecular weight excluding hydrogens is 256 g/mol. The lowest BCUT2D eigenvalue weighted by molar-refractivity contribution is -0.141. The van der Waals surface area contributed by atoms with Crippen molar-refractivity contribution in [1.29, 1.82) is 0 Å². The van der Waals surface area contributed by atoms with E-state index < -0.39 is 11.9 Å². The largest absolute Gasteiger partial charge is 0.508 e. The summed E-state index contributed by atoms with van der Waals surface area (Å²) in [5.74, 6) is -1.15. The van der Waals surface area contributed by atoms with Gasteiger partial charge >= 0.3 is 5.97 Å². The highest BCUT2D eigenvalue weighted by Gasteiger charge is 2.45. The molecule has 0 aliphatic carbocycles. The molecule has 0 spiro atoms. The number of benzene rings is 1. The first-order valence-corrected chi connectivity index (χ1v) is 6.96. The van der Waals surface area contributed by atoms with Crippen LogP contribution in [0.5, 0.6) is 5.75 Å². The molecule has 1 aromatic rings. The van der Waals surface area contributed by atoms with E-state index in [0.29, 0.717) is 0 Å². The Morgan fingerprint density at radius 1 is 1.35 bits per heavy atom.